The van der Waals surface area contributed by atoms with Gasteiger partial charge < -0.3 is 4.74 Å². The maximum Gasteiger partial charge on any atom is 0.314 e. The Labute approximate surface area is 67.2 Å². The predicted molar refractivity (Wildman–Crippen MR) is 42.9 cm³/mol. The van der Waals surface area contributed by atoms with E-state index in [1.165, 1.54) is 0 Å². The smallest absolute Gasteiger partial charge is 0.314 e. The maximum atomic E-state index is 10.7. The van der Waals surface area contributed by atoms with E-state index in [1.807, 2.05) is 6.08 Å². The lowest BCUT2D eigenvalue weighted by atomic mass is 9.91. The standard InChI is InChI=1S/C9H14O2/c1-9(2,3)6-7-4-5-8(10)11-7/h4H,5-6H2,1-3H3. The van der Waals surface area contributed by atoms with Crippen molar-refractivity contribution < 1.29 is 9.53 Å². The topological polar surface area (TPSA) is 26.3 Å². The fourth-order valence-electron chi connectivity index (χ4n) is 1.06. The van der Waals surface area contributed by atoms with Crippen molar-refractivity contribution in [1.82, 2.24) is 0 Å². The van der Waals surface area contributed by atoms with Crippen LogP contribution in [0.25, 0.3) is 0 Å². The van der Waals surface area contributed by atoms with E-state index in [4.69, 9.17) is 4.74 Å². The Morgan fingerprint density at radius 1 is 1.55 bits per heavy atom. The molecule has 0 saturated carbocycles. The van der Waals surface area contributed by atoms with Crippen LogP contribution in [-0.4, -0.2) is 5.97 Å². The summed E-state index contributed by atoms with van der Waals surface area (Å²) in [4.78, 5) is 10.7. The summed E-state index contributed by atoms with van der Waals surface area (Å²) in [6.45, 7) is 6.37. The van der Waals surface area contributed by atoms with Crippen LogP contribution in [0, 0.1) is 5.41 Å². The highest BCUT2D eigenvalue weighted by Gasteiger charge is 2.20. The Kier molecular flexibility index (Phi) is 2.03. The van der Waals surface area contributed by atoms with Gasteiger partial charge in [0.2, 0.25) is 0 Å². The van der Waals surface area contributed by atoms with Crippen LogP contribution in [0.1, 0.15) is 33.6 Å². The van der Waals surface area contributed by atoms with Gasteiger partial charge in [-0.15, -0.1) is 0 Å². The zero-order valence-corrected chi connectivity index (χ0v) is 7.31. The van der Waals surface area contributed by atoms with Crippen LogP contribution in [0.3, 0.4) is 0 Å². The normalized spacial score (nSPS) is 18.1. The number of esters is 1. The van der Waals surface area contributed by atoms with E-state index in [-0.39, 0.29) is 11.4 Å². The molecule has 0 unspecified atom stereocenters. The molecule has 62 valence electrons. The maximum absolute atomic E-state index is 10.7. The fraction of sp³-hybridized carbons (Fsp3) is 0.667. The van der Waals surface area contributed by atoms with Crippen LogP contribution in [0.2, 0.25) is 0 Å². The minimum Gasteiger partial charge on any atom is -0.431 e. The molecule has 0 radical (unpaired) electrons. The van der Waals surface area contributed by atoms with Gasteiger partial charge in [0.25, 0.3) is 0 Å². The third kappa shape index (κ3) is 2.74. The zero-order chi connectivity index (χ0) is 8.48. The van der Waals surface area contributed by atoms with Crippen LogP contribution in [-0.2, 0) is 9.53 Å². The van der Waals surface area contributed by atoms with Crippen molar-refractivity contribution in [3.8, 4) is 0 Å². The molecule has 1 aliphatic heterocycles. The van der Waals surface area contributed by atoms with Gasteiger partial charge in [-0.1, -0.05) is 20.8 Å². The molecule has 1 aliphatic rings. The third-order valence-corrected chi connectivity index (χ3v) is 1.45. The highest BCUT2D eigenvalue weighted by atomic mass is 16.5. The minimum atomic E-state index is -0.121. The number of hydrogen-bond donors (Lipinski definition) is 0. The largest absolute Gasteiger partial charge is 0.431 e. The second-order valence-corrected chi connectivity index (χ2v) is 4.09. The summed E-state index contributed by atoms with van der Waals surface area (Å²) in [6, 6.07) is 0. The van der Waals surface area contributed by atoms with Gasteiger partial charge in [-0.3, -0.25) is 4.79 Å². The van der Waals surface area contributed by atoms with E-state index in [2.05, 4.69) is 20.8 Å². The molecule has 0 N–H and O–H groups in total. The number of allylic oxidation sites excluding steroid dienone is 1. The highest BCUT2D eigenvalue weighted by molar-refractivity contribution is 5.75. The monoisotopic (exact) mass is 154 g/mol. The van der Waals surface area contributed by atoms with Crippen molar-refractivity contribution in [3.63, 3.8) is 0 Å². The van der Waals surface area contributed by atoms with Gasteiger partial charge in [-0.05, 0) is 11.5 Å². The lowest BCUT2D eigenvalue weighted by molar-refractivity contribution is -0.136. The second-order valence-electron chi connectivity index (χ2n) is 4.09. The molecule has 0 fully saturated rings. The van der Waals surface area contributed by atoms with Crippen molar-refractivity contribution in [2.45, 2.75) is 33.6 Å². The summed E-state index contributed by atoms with van der Waals surface area (Å²) in [5.74, 6) is 0.715. The first-order valence-corrected chi connectivity index (χ1v) is 3.87. The molecule has 0 saturated heterocycles. The van der Waals surface area contributed by atoms with Crippen LogP contribution in [0.4, 0.5) is 0 Å². The Hall–Kier alpha value is -0.790. The lowest BCUT2D eigenvalue weighted by Crippen LogP contribution is -2.07. The number of rotatable bonds is 1. The van der Waals surface area contributed by atoms with Gasteiger partial charge in [-0.2, -0.15) is 0 Å². The number of carbonyl (C=O) groups is 1. The van der Waals surface area contributed by atoms with Crippen LogP contribution < -0.4 is 0 Å². The van der Waals surface area contributed by atoms with Gasteiger partial charge in [-0.25, -0.2) is 0 Å². The first-order valence-electron chi connectivity index (χ1n) is 3.87. The average molecular weight is 154 g/mol. The molecule has 0 aromatic heterocycles. The predicted octanol–water partition coefficient (Wildman–Crippen LogP) is 2.25. The Morgan fingerprint density at radius 2 is 2.18 bits per heavy atom. The van der Waals surface area contributed by atoms with Crippen LogP contribution >= 0.6 is 0 Å². The number of cyclic esters (lactones) is 1. The molecule has 1 rings (SSSR count). The molecule has 0 atom stereocenters. The van der Waals surface area contributed by atoms with Gasteiger partial charge in [0.05, 0.1) is 6.42 Å². The van der Waals surface area contributed by atoms with Gasteiger partial charge in [0.1, 0.15) is 5.76 Å². The summed E-state index contributed by atoms with van der Waals surface area (Å²) in [5.41, 5.74) is 0.205. The summed E-state index contributed by atoms with van der Waals surface area (Å²) >= 11 is 0. The molecule has 0 amide bonds. The Morgan fingerprint density at radius 3 is 2.55 bits per heavy atom. The minimum absolute atomic E-state index is 0.121. The summed E-state index contributed by atoms with van der Waals surface area (Å²) in [7, 11) is 0. The van der Waals surface area contributed by atoms with Gasteiger partial charge in [0, 0.05) is 6.42 Å². The molecule has 0 bridgehead atoms. The SMILES string of the molecule is CC(C)(C)CC1=CCC(=O)O1. The quantitative estimate of drug-likeness (QED) is 0.541. The van der Waals surface area contributed by atoms with Crippen molar-refractivity contribution >= 4 is 5.97 Å². The Bertz CT molecular complexity index is 196. The Balaban J connectivity index is 2.46. The number of ether oxygens (including phenoxy) is 1. The number of hydrogen-bond acceptors (Lipinski definition) is 2. The number of carbonyl (C=O) groups excluding carboxylic acids is 1. The molecule has 1 heterocycles. The fourth-order valence-corrected chi connectivity index (χ4v) is 1.06. The van der Waals surface area contributed by atoms with E-state index < -0.39 is 0 Å². The van der Waals surface area contributed by atoms with Crippen molar-refractivity contribution in [2.24, 2.45) is 5.41 Å². The molecule has 0 aliphatic carbocycles. The highest BCUT2D eigenvalue weighted by Crippen LogP contribution is 2.27. The van der Waals surface area contributed by atoms with E-state index in [0.717, 1.165) is 12.2 Å². The van der Waals surface area contributed by atoms with E-state index in [1.54, 1.807) is 0 Å². The van der Waals surface area contributed by atoms with E-state index >= 15 is 0 Å². The molecular weight excluding hydrogens is 140 g/mol. The molecule has 0 spiro atoms. The lowest BCUT2D eigenvalue weighted by Gasteiger charge is -2.17. The van der Waals surface area contributed by atoms with Crippen molar-refractivity contribution in [2.75, 3.05) is 0 Å². The summed E-state index contributed by atoms with van der Waals surface area (Å²) < 4.78 is 4.96. The van der Waals surface area contributed by atoms with Crippen molar-refractivity contribution in [1.29, 1.82) is 0 Å². The molecule has 0 aromatic rings. The summed E-state index contributed by atoms with van der Waals surface area (Å²) in [6.07, 6.45) is 3.16. The van der Waals surface area contributed by atoms with Crippen LogP contribution in [0.5, 0.6) is 0 Å². The van der Waals surface area contributed by atoms with Gasteiger partial charge in [0.15, 0.2) is 0 Å². The average Bonchev–Trinajstić information content (AvgIpc) is 2.10. The van der Waals surface area contributed by atoms with Gasteiger partial charge >= 0.3 is 5.97 Å². The zero-order valence-electron chi connectivity index (χ0n) is 7.31. The first kappa shape index (κ1) is 8.31. The van der Waals surface area contributed by atoms with Crippen LogP contribution in [0.15, 0.2) is 11.8 Å². The molecule has 2 nitrogen and oxygen atoms in total. The molecule has 0 aromatic carbocycles. The van der Waals surface area contributed by atoms with Crippen molar-refractivity contribution in [3.05, 3.63) is 11.8 Å². The van der Waals surface area contributed by atoms with E-state index in [9.17, 15) is 4.79 Å². The first-order chi connectivity index (χ1) is 4.97. The second kappa shape index (κ2) is 2.68. The molecule has 11 heavy (non-hydrogen) atoms. The molecule has 2 heteroatoms. The van der Waals surface area contributed by atoms with E-state index in [0.29, 0.717) is 6.42 Å². The molecular formula is C9H14O2. The third-order valence-electron chi connectivity index (χ3n) is 1.45. The summed E-state index contributed by atoms with van der Waals surface area (Å²) in [5, 5.41) is 0.